The molecule has 0 saturated heterocycles. The number of rotatable bonds is 3. The third-order valence-corrected chi connectivity index (χ3v) is 2.61. The van der Waals surface area contributed by atoms with Crippen molar-refractivity contribution in [2.24, 2.45) is 0 Å². The van der Waals surface area contributed by atoms with E-state index < -0.39 is 10.1 Å². The number of fused-ring (bicyclic) bond motifs is 1. The van der Waals surface area contributed by atoms with Crippen LogP contribution >= 0.6 is 0 Å². The van der Waals surface area contributed by atoms with Gasteiger partial charge in [-0.1, -0.05) is 0 Å². The minimum atomic E-state index is -3.43. The molecule has 2 aromatic heterocycles. The molecule has 0 atom stereocenters. The van der Waals surface area contributed by atoms with Crippen LogP contribution in [0.3, 0.4) is 0 Å². The molecule has 16 heavy (non-hydrogen) atoms. The van der Waals surface area contributed by atoms with Crippen molar-refractivity contribution in [3.05, 3.63) is 36.3 Å². The van der Waals surface area contributed by atoms with Crippen LogP contribution in [0.2, 0.25) is 0 Å². The van der Waals surface area contributed by atoms with Crippen molar-refractivity contribution < 1.29 is 12.6 Å². The zero-order valence-electron chi connectivity index (χ0n) is 8.62. The fourth-order valence-electron chi connectivity index (χ4n) is 1.35. The van der Waals surface area contributed by atoms with E-state index in [4.69, 9.17) is 4.18 Å². The van der Waals surface area contributed by atoms with Crippen LogP contribution in [0.1, 0.15) is 5.56 Å². The minimum Gasteiger partial charge on any atom is -0.265 e. The second kappa shape index (κ2) is 4.15. The summed E-state index contributed by atoms with van der Waals surface area (Å²) in [5.41, 5.74) is 1.50. The Labute approximate surface area is 93.2 Å². The first-order valence-electron chi connectivity index (χ1n) is 4.58. The third kappa shape index (κ3) is 2.53. The Kier molecular flexibility index (Phi) is 2.84. The van der Waals surface area contributed by atoms with Crippen molar-refractivity contribution in [1.29, 1.82) is 0 Å². The van der Waals surface area contributed by atoms with Crippen LogP contribution in [0.5, 0.6) is 0 Å². The molecule has 84 valence electrons. The lowest BCUT2D eigenvalue weighted by molar-refractivity contribution is 0.313. The zero-order chi connectivity index (χ0) is 11.6. The molecule has 0 saturated carbocycles. The predicted octanol–water partition coefficient (Wildman–Crippen LogP) is 1.11. The molecule has 0 amide bonds. The van der Waals surface area contributed by atoms with Crippen LogP contribution in [0, 0.1) is 0 Å². The Morgan fingerprint density at radius 1 is 1.31 bits per heavy atom. The van der Waals surface area contributed by atoms with Crippen LogP contribution in [0.4, 0.5) is 0 Å². The number of nitrogens with zero attached hydrogens (tertiary/aromatic N) is 2. The topological polar surface area (TPSA) is 69.2 Å². The average Bonchev–Trinajstić information content (AvgIpc) is 2.25. The van der Waals surface area contributed by atoms with E-state index in [-0.39, 0.29) is 6.61 Å². The maximum absolute atomic E-state index is 10.9. The second-order valence-electron chi connectivity index (χ2n) is 3.33. The van der Waals surface area contributed by atoms with Gasteiger partial charge in [-0.3, -0.25) is 14.2 Å². The van der Waals surface area contributed by atoms with Gasteiger partial charge >= 0.3 is 0 Å². The van der Waals surface area contributed by atoms with Crippen molar-refractivity contribution >= 4 is 21.0 Å². The van der Waals surface area contributed by atoms with E-state index in [1.807, 2.05) is 0 Å². The van der Waals surface area contributed by atoms with Crippen LogP contribution < -0.4 is 0 Å². The van der Waals surface area contributed by atoms with Crippen molar-refractivity contribution in [1.82, 2.24) is 9.97 Å². The largest absolute Gasteiger partial charge is 0.265 e. The molecule has 0 aromatic carbocycles. The van der Waals surface area contributed by atoms with E-state index in [1.165, 1.54) is 0 Å². The van der Waals surface area contributed by atoms with Gasteiger partial charge in [0.05, 0.1) is 24.6 Å². The Balaban J connectivity index is 2.38. The summed E-state index contributed by atoms with van der Waals surface area (Å²) in [6, 6.07) is 3.51. The van der Waals surface area contributed by atoms with E-state index in [2.05, 4.69) is 9.97 Å². The molecular formula is C10H10N2O3S. The van der Waals surface area contributed by atoms with Crippen molar-refractivity contribution in [3.63, 3.8) is 0 Å². The fourth-order valence-corrected chi connectivity index (χ4v) is 1.70. The maximum Gasteiger partial charge on any atom is 0.264 e. The van der Waals surface area contributed by atoms with Gasteiger partial charge in [-0.2, -0.15) is 8.42 Å². The molecule has 0 radical (unpaired) electrons. The predicted molar refractivity (Wildman–Crippen MR) is 59.2 cm³/mol. The highest BCUT2D eigenvalue weighted by molar-refractivity contribution is 7.85. The van der Waals surface area contributed by atoms with E-state index in [0.717, 1.165) is 22.7 Å². The van der Waals surface area contributed by atoms with Crippen molar-refractivity contribution in [2.45, 2.75) is 6.61 Å². The SMILES string of the molecule is CS(=O)(=O)OCc1ccnc2cnccc12. The van der Waals surface area contributed by atoms with Gasteiger partial charge in [0.2, 0.25) is 0 Å². The lowest BCUT2D eigenvalue weighted by Gasteiger charge is -2.04. The molecule has 2 rings (SSSR count). The number of pyridine rings is 2. The van der Waals surface area contributed by atoms with Crippen LogP contribution in [0.25, 0.3) is 10.9 Å². The van der Waals surface area contributed by atoms with Crippen molar-refractivity contribution in [3.8, 4) is 0 Å². The summed E-state index contributed by atoms with van der Waals surface area (Å²) in [5.74, 6) is 0. The molecule has 0 aliphatic rings. The van der Waals surface area contributed by atoms with Crippen LogP contribution in [0.15, 0.2) is 30.7 Å². The number of hydrogen-bond donors (Lipinski definition) is 0. The van der Waals surface area contributed by atoms with Crippen molar-refractivity contribution in [2.75, 3.05) is 6.26 Å². The highest BCUT2D eigenvalue weighted by Crippen LogP contribution is 2.16. The van der Waals surface area contributed by atoms with E-state index in [1.54, 1.807) is 30.7 Å². The van der Waals surface area contributed by atoms with Gasteiger partial charge in [0.25, 0.3) is 10.1 Å². The second-order valence-corrected chi connectivity index (χ2v) is 4.97. The van der Waals surface area contributed by atoms with Gasteiger partial charge in [-0.05, 0) is 17.7 Å². The summed E-state index contributed by atoms with van der Waals surface area (Å²) in [4.78, 5) is 8.06. The van der Waals surface area contributed by atoms with Gasteiger partial charge in [0.1, 0.15) is 0 Å². The molecule has 0 unspecified atom stereocenters. The minimum absolute atomic E-state index is 0.0157. The molecule has 2 aromatic rings. The standard InChI is InChI=1S/C10H10N2O3S/c1-16(13,14)15-7-8-2-5-12-10-6-11-4-3-9(8)10/h2-6H,7H2,1H3. The highest BCUT2D eigenvalue weighted by atomic mass is 32.2. The molecule has 6 heteroatoms. The summed E-state index contributed by atoms with van der Waals surface area (Å²) < 4.78 is 26.5. The summed E-state index contributed by atoms with van der Waals surface area (Å²) in [6.45, 7) is 0.0157. The first-order chi connectivity index (χ1) is 7.56. The maximum atomic E-state index is 10.9. The molecule has 0 N–H and O–H groups in total. The molecule has 0 aliphatic heterocycles. The van der Waals surface area contributed by atoms with Crippen LogP contribution in [-0.4, -0.2) is 24.6 Å². The molecule has 5 nitrogen and oxygen atoms in total. The monoisotopic (exact) mass is 238 g/mol. The zero-order valence-corrected chi connectivity index (χ0v) is 9.44. The lowest BCUT2D eigenvalue weighted by Crippen LogP contribution is -2.03. The summed E-state index contributed by atoms with van der Waals surface area (Å²) in [5, 5.41) is 0.848. The first kappa shape index (κ1) is 11.0. The Bertz CT molecular complexity index is 605. The van der Waals surface area contributed by atoms with Gasteiger partial charge in [-0.25, -0.2) is 0 Å². The smallest absolute Gasteiger partial charge is 0.264 e. The Morgan fingerprint density at radius 3 is 2.88 bits per heavy atom. The third-order valence-electron chi connectivity index (χ3n) is 2.06. The van der Waals surface area contributed by atoms with Crippen LogP contribution in [-0.2, 0) is 20.9 Å². The molecule has 0 aliphatic carbocycles. The molecule has 2 heterocycles. The van der Waals surface area contributed by atoms with E-state index in [0.29, 0.717) is 0 Å². The molecule has 0 bridgehead atoms. The average molecular weight is 238 g/mol. The summed E-state index contributed by atoms with van der Waals surface area (Å²) in [7, 11) is -3.43. The van der Waals surface area contributed by atoms with E-state index >= 15 is 0 Å². The van der Waals surface area contributed by atoms with Gasteiger partial charge in [0.15, 0.2) is 0 Å². The summed E-state index contributed by atoms with van der Waals surface area (Å²) in [6.07, 6.45) is 5.89. The molecular weight excluding hydrogens is 228 g/mol. The van der Waals surface area contributed by atoms with Gasteiger partial charge < -0.3 is 0 Å². The van der Waals surface area contributed by atoms with Gasteiger partial charge in [-0.15, -0.1) is 0 Å². The summed E-state index contributed by atoms with van der Waals surface area (Å²) >= 11 is 0. The molecule has 0 spiro atoms. The lowest BCUT2D eigenvalue weighted by atomic mass is 10.1. The van der Waals surface area contributed by atoms with Gasteiger partial charge in [0, 0.05) is 17.8 Å². The number of hydrogen-bond acceptors (Lipinski definition) is 5. The molecule has 0 fully saturated rings. The quantitative estimate of drug-likeness (QED) is 0.749. The first-order valence-corrected chi connectivity index (χ1v) is 6.40. The normalized spacial score (nSPS) is 11.8. The van der Waals surface area contributed by atoms with E-state index in [9.17, 15) is 8.42 Å². The fraction of sp³-hybridized carbons (Fsp3) is 0.200. The number of aromatic nitrogens is 2. The Hall–Kier alpha value is -1.53. The Morgan fingerprint density at radius 2 is 2.12 bits per heavy atom. The highest BCUT2D eigenvalue weighted by Gasteiger charge is 2.06.